The van der Waals surface area contributed by atoms with Crippen LogP contribution in [0.15, 0.2) is 5.16 Å². The average Bonchev–Trinajstić information content (AvgIpc) is 2.40. The van der Waals surface area contributed by atoms with Gasteiger partial charge in [-0.2, -0.15) is 0 Å². The van der Waals surface area contributed by atoms with E-state index in [4.69, 9.17) is 15.7 Å². The van der Waals surface area contributed by atoms with E-state index in [9.17, 15) is 4.79 Å². The van der Waals surface area contributed by atoms with Gasteiger partial charge < -0.3 is 20.6 Å². The molecule has 0 spiro atoms. The highest BCUT2D eigenvalue weighted by molar-refractivity contribution is 6.06. The Balaban J connectivity index is 3.02. The second-order valence-corrected chi connectivity index (χ2v) is 4.70. The van der Waals surface area contributed by atoms with Gasteiger partial charge in [-0.1, -0.05) is 19.0 Å². The highest BCUT2D eigenvalue weighted by Crippen LogP contribution is 2.30. The summed E-state index contributed by atoms with van der Waals surface area (Å²) in [5.74, 6) is -0.0743. The Kier molecular flexibility index (Phi) is 4.95. The van der Waals surface area contributed by atoms with Crippen molar-refractivity contribution in [2.24, 2.45) is 16.3 Å². The van der Waals surface area contributed by atoms with Crippen molar-refractivity contribution in [1.82, 2.24) is 4.90 Å². The summed E-state index contributed by atoms with van der Waals surface area (Å²) in [4.78, 5) is 14.5. The Bertz CT molecular complexity index is 327. The Labute approximate surface area is 108 Å². The first-order valence-corrected chi connectivity index (χ1v) is 6.40. The van der Waals surface area contributed by atoms with E-state index in [0.717, 1.165) is 0 Å². The molecule has 1 amide bonds. The van der Waals surface area contributed by atoms with E-state index >= 15 is 0 Å². The normalized spacial score (nSPS) is 22.1. The fourth-order valence-electron chi connectivity index (χ4n) is 2.42. The number of hydrogen-bond donors (Lipinski definition) is 2. The Hall–Kier alpha value is -1.30. The first kappa shape index (κ1) is 14.8. The smallest absolute Gasteiger partial charge is 0.236 e. The number of amidine groups is 1. The highest BCUT2D eigenvalue weighted by Gasteiger charge is 2.44. The number of hydrogen-bond acceptors (Lipinski definition) is 4. The number of oxime groups is 1. The molecule has 0 aliphatic carbocycles. The molecule has 6 nitrogen and oxygen atoms in total. The molecule has 1 aliphatic heterocycles. The van der Waals surface area contributed by atoms with Gasteiger partial charge >= 0.3 is 0 Å². The molecular formula is C12H23N3O3. The van der Waals surface area contributed by atoms with Crippen LogP contribution in [0.4, 0.5) is 0 Å². The van der Waals surface area contributed by atoms with Gasteiger partial charge in [-0.3, -0.25) is 4.79 Å². The van der Waals surface area contributed by atoms with E-state index in [-0.39, 0.29) is 17.8 Å². The molecule has 18 heavy (non-hydrogen) atoms. The quantitative estimate of drug-likeness (QED) is 0.337. The summed E-state index contributed by atoms with van der Waals surface area (Å²) in [6.45, 7) is 7.33. The molecule has 1 aliphatic rings. The SMILES string of the molecule is CCC(CC)(C(=O)N1CCOCC1C)C(N)=NO. The van der Waals surface area contributed by atoms with Crippen molar-refractivity contribution in [3.8, 4) is 0 Å². The zero-order chi connectivity index (χ0) is 13.8. The summed E-state index contributed by atoms with van der Waals surface area (Å²) in [6, 6.07) is 0.0233. The standard InChI is InChI=1S/C12H23N3O3/c1-4-12(5-2,10(13)14-17)11(16)15-6-7-18-8-9(15)3/h9,17H,4-8H2,1-3H3,(H2,13,14). The topological polar surface area (TPSA) is 88.2 Å². The average molecular weight is 257 g/mol. The number of carbonyl (C=O) groups is 1. The lowest BCUT2D eigenvalue weighted by Crippen LogP contribution is -2.56. The van der Waals surface area contributed by atoms with Gasteiger partial charge in [0.25, 0.3) is 0 Å². The predicted octanol–water partition coefficient (Wildman–Crippen LogP) is 0.787. The minimum atomic E-state index is -0.902. The molecule has 0 radical (unpaired) electrons. The molecule has 0 saturated carbocycles. The van der Waals surface area contributed by atoms with E-state index in [1.807, 2.05) is 20.8 Å². The van der Waals surface area contributed by atoms with Gasteiger partial charge in [-0.05, 0) is 19.8 Å². The zero-order valence-corrected chi connectivity index (χ0v) is 11.3. The van der Waals surface area contributed by atoms with Crippen LogP contribution in [0, 0.1) is 5.41 Å². The maximum atomic E-state index is 12.7. The number of morpholine rings is 1. The minimum Gasteiger partial charge on any atom is -0.409 e. The zero-order valence-electron chi connectivity index (χ0n) is 11.3. The van der Waals surface area contributed by atoms with Gasteiger partial charge in [-0.25, -0.2) is 0 Å². The van der Waals surface area contributed by atoms with Crippen molar-refractivity contribution in [2.75, 3.05) is 19.8 Å². The van der Waals surface area contributed by atoms with Crippen LogP contribution in [0.1, 0.15) is 33.6 Å². The fraction of sp³-hybridized carbons (Fsp3) is 0.833. The Morgan fingerprint density at radius 1 is 1.56 bits per heavy atom. The van der Waals surface area contributed by atoms with E-state index < -0.39 is 5.41 Å². The van der Waals surface area contributed by atoms with Crippen LogP contribution >= 0.6 is 0 Å². The van der Waals surface area contributed by atoms with E-state index in [2.05, 4.69) is 5.16 Å². The lowest BCUT2D eigenvalue weighted by molar-refractivity contribution is -0.147. The van der Waals surface area contributed by atoms with Gasteiger partial charge in [0, 0.05) is 6.54 Å². The van der Waals surface area contributed by atoms with Crippen LogP contribution in [0.3, 0.4) is 0 Å². The summed E-state index contributed by atoms with van der Waals surface area (Å²) in [7, 11) is 0. The molecule has 0 aromatic heterocycles. The predicted molar refractivity (Wildman–Crippen MR) is 68.4 cm³/mol. The van der Waals surface area contributed by atoms with Gasteiger partial charge in [0.2, 0.25) is 5.91 Å². The van der Waals surface area contributed by atoms with Crippen LogP contribution in [0.2, 0.25) is 0 Å². The molecule has 1 fully saturated rings. The van der Waals surface area contributed by atoms with Crippen LogP contribution < -0.4 is 5.73 Å². The molecule has 1 heterocycles. The van der Waals surface area contributed by atoms with Gasteiger partial charge in [-0.15, -0.1) is 0 Å². The summed E-state index contributed by atoms with van der Waals surface area (Å²) in [5, 5.41) is 12.0. The lowest BCUT2D eigenvalue weighted by atomic mass is 9.79. The molecular weight excluding hydrogens is 234 g/mol. The number of carbonyl (C=O) groups excluding carboxylic acids is 1. The van der Waals surface area contributed by atoms with Gasteiger partial charge in [0.1, 0.15) is 5.41 Å². The Morgan fingerprint density at radius 2 is 2.17 bits per heavy atom. The molecule has 1 atom stereocenters. The van der Waals surface area contributed by atoms with Crippen molar-refractivity contribution in [3.05, 3.63) is 0 Å². The summed E-state index contributed by atoms with van der Waals surface area (Å²) < 4.78 is 5.32. The summed E-state index contributed by atoms with van der Waals surface area (Å²) in [6.07, 6.45) is 1.03. The summed E-state index contributed by atoms with van der Waals surface area (Å²) >= 11 is 0. The first-order chi connectivity index (χ1) is 8.53. The second kappa shape index (κ2) is 6.04. The van der Waals surface area contributed by atoms with Crippen molar-refractivity contribution in [2.45, 2.75) is 39.7 Å². The maximum absolute atomic E-state index is 12.7. The number of rotatable bonds is 4. The molecule has 104 valence electrons. The molecule has 0 aromatic carbocycles. The van der Waals surface area contributed by atoms with Crippen molar-refractivity contribution < 1.29 is 14.7 Å². The third-order valence-electron chi connectivity index (χ3n) is 3.84. The minimum absolute atomic E-state index is 0.00353. The van der Waals surface area contributed by atoms with Crippen molar-refractivity contribution >= 4 is 11.7 Å². The second-order valence-electron chi connectivity index (χ2n) is 4.70. The molecule has 1 rings (SSSR count). The fourth-order valence-corrected chi connectivity index (χ4v) is 2.42. The van der Waals surface area contributed by atoms with Gasteiger partial charge in [0.05, 0.1) is 19.3 Å². The number of amides is 1. The van der Waals surface area contributed by atoms with E-state index in [1.165, 1.54) is 0 Å². The van der Waals surface area contributed by atoms with Crippen molar-refractivity contribution in [1.29, 1.82) is 0 Å². The van der Waals surface area contributed by atoms with Crippen LogP contribution in [0.5, 0.6) is 0 Å². The van der Waals surface area contributed by atoms with Crippen LogP contribution in [-0.2, 0) is 9.53 Å². The van der Waals surface area contributed by atoms with E-state index in [0.29, 0.717) is 32.6 Å². The van der Waals surface area contributed by atoms with E-state index in [1.54, 1.807) is 4.90 Å². The molecule has 1 unspecified atom stereocenters. The van der Waals surface area contributed by atoms with Crippen molar-refractivity contribution in [3.63, 3.8) is 0 Å². The largest absolute Gasteiger partial charge is 0.409 e. The highest BCUT2D eigenvalue weighted by atomic mass is 16.5. The number of nitrogens with two attached hydrogens (primary N) is 1. The lowest BCUT2D eigenvalue weighted by Gasteiger charge is -2.40. The third-order valence-corrected chi connectivity index (χ3v) is 3.84. The number of nitrogens with zero attached hydrogens (tertiary/aromatic N) is 2. The summed E-state index contributed by atoms with van der Waals surface area (Å²) in [5.41, 5.74) is 4.85. The first-order valence-electron chi connectivity index (χ1n) is 6.40. The molecule has 0 bridgehead atoms. The molecule has 3 N–H and O–H groups in total. The number of ether oxygens (including phenoxy) is 1. The third kappa shape index (κ3) is 2.43. The Morgan fingerprint density at radius 3 is 2.61 bits per heavy atom. The van der Waals surface area contributed by atoms with Crippen LogP contribution in [0.25, 0.3) is 0 Å². The monoisotopic (exact) mass is 257 g/mol. The molecule has 1 saturated heterocycles. The molecule has 0 aromatic rings. The van der Waals surface area contributed by atoms with Crippen LogP contribution in [-0.4, -0.2) is 47.7 Å². The molecule has 6 heteroatoms. The maximum Gasteiger partial charge on any atom is 0.236 e. The van der Waals surface area contributed by atoms with Gasteiger partial charge in [0.15, 0.2) is 5.84 Å².